The van der Waals surface area contributed by atoms with E-state index >= 15 is 0 Å². The summed E-state index contributed by atoms with van der Waals surface area (Å²) < 4.78 is 12.2. The molecule has 0 fully saturated rings. The minimum Gasteiger partial charge on any atom is -0.472 e. The predicted molar refractivity (Wildman–Crippen MR) is 89.9 cm³/mol. The molecule has 7 nitrogen and oxygen atoms in total. The van der Waals surface area contributed by atoms with Crippen LogP contribution in [0.1, 0.15) is 28.7 Å². The number of aryl methyl sites for hydroxylation is 1. The van der Waals surface area contributed by atoms with Gasteiger partial charge in [-0.05, 0) is 11.6 Å². The van der Waals surface area contributed by atoms with Crippen LogP contribution in [0.2, 0.25) is 0 Å². The van der Waals surface area contributed by atoms with Gasteiger partial charge in [0.15, 0.2) is 11.5 Å². The van der Waals surface area contributed by atoms with Crippen molar-refractivity contribution in [3.8, 4) is 11.4 Å². The van der Waals surface area contributed by atoms with Crippen LogP contribution >= 0.6 is 0 Å². The van der Waals surface area contributed by atoms with E-state index in [9.17, 15) is 4.79 Å². The van der Waals surface area contributed by atoms with Gasteiger partial charge in [-0.3, -0.25) is 4.79 Å². The molecule has 0 aliphatic heterocycles. The lowest BCUT2D eigenvalue weighted by Gasteiger charge is -2.05. The van der Waals surface area contributed by atoms with Crippen molar-refractivity contribution in [2.45, 2.75) is 19.9 Å². The molecule has 4 rings (SSSR count). The average molecular weight is 336 g/mol. The Labute approximate surface area is 143 Å². The molecule has 0 bridgehead atoms. The molecule has 0 spiro atoms. The molecule has 0 saturated carbocycles. The highest BCUT2D eigenvalue weighted by atomic mass is 16.4. The van der Waals surface area contributed by atoms with Crippen molar-refractivity contribution in [1.29, 1.82) is 0 Å². The molecule has 0 saturated heterocycles. The molecule has 1 aromatic carbocycles. The van der Waals surface area contributed by atoms with Crippen LogP contribution in [-0.4, -0.2) is 20.5 Å². The van der Waals surface area contributed by atoms with E-state index in [1.54, 1.807) is 18.6 Å². The van der Waals surface area contributed by atoms with E-state index in [2.05, 4.69) is 15.4 Å². The number of hydrogen-bond donors (Lipinski definition) is 1. The Morgan fingerprint density at radius 3 is 2.80 bits per heavy atom. The van der Waals surface area contributed by atoms with E-state index in [4.69, 9.17) is 8.83 Å². The third-order valence-electron chi connectivity index (χ3n) is 3.88. The fourth-order valence-electron chi connectivity index (χ4n) is 2.62. The summed E-state index contributed by atoms with van der Waals surface area (Å²) in [5.41, 5.74) is 2.12. The second kappa shape index (κ2) is 6.27. The molecule has 7 heteroatoms. The Bertz CT molecular complexity index is 1000. The van der Waals surface area contributed by atoms with E-state index in [1.807, 2.05) is 37.3 Å². The summed E-state index contributed by atoms with van der Waals surface area (Å²) in [4.78, 5) is 17.0. The van der Waals surface area contributed by atoms with Crippen LogP contribution in [0.25, 0.3) is 17.2 Å². The number of fused-ring (bicyclic) bond motifs is 1. The minimum atomic E-state index is -0.247. The molecular formula is C18H16N4O3. The molecule has 25 heavy (non-hydrogen) atoms. The molecular weight excluding hydrogens is 320 g/mol. The van der Waals surface area contributed by atoms with Gasteiger partial charge in [0, 0.05) is 13.0 Å². The van der Waals surface area contributed by atoms with Gasteiger partial charge in [-0.15, -0.1) is 5.10 Å². The van der Waals surface area contributed by atoms with Crippen molar-refractivity contribution in [1.82, 2.24) is 19.9 Å². The molecule has 126 valence electrons. The van der Waals surface area contributed by atoms with Gasteiger partial charge in [-0.2, -0.15) is 9.50 Å². The van der Waals surface area contributed by atoms with Crippen LogP contribution in [0.3, 0.4) is 0 Å². The predicted octanol–water partition coefficient (Wildman–Crippen LogP) is 3.07. The van der Waals surface area contributed by atoms with E-state index < -0.39 is 0 Å². The largest absolute Gasteiger partial charge is 0.472 e. The Morgan fingerprint density at radius 1 is 1.24 bits per heavy atom. The van der Waals surface area contributed by atoms with Crippen molar-refractivity contribution < 1.29 is 13.6 Å². The number of oxazole rings is 1. The van der Waals surface area contributed by atoms with Gasteiger partial charge in [-0.1, -0.05) is 37.3 Å². The Hall–Kier alpha value is -3.35. The molecule has 1 amide bonds. The number of nitrogens with zero attached hydrogens (tertiary/aromatic N) is 3. The molecule has 0 atom stereocenters. The van der Waals surface area contributed by atoms with Gasteiger partial charge >= 0.3 is 5.84 Å². The summed E-state index contributed by atoms with van der Waals surface area (Å²) >= 11 is 0. The maximum atomic E-state index is 12.7. The van der Waals surface area contributed by atoms with Gasteiger partial charge in [-0.25, -0.2) is 0 Å². The van der Waals surface area contributed by atoms with E-state index in [1.165, 1.54) is 4.52 Å². The zero-order valence-corrected chi connectivity index (χ0v) is 13.6. The summed E-state index contributed by atoms with van der Waals surface area (Å²) in [6, 6.07) is 11.5. The van der Waals surface area contributed by atoms with Crippen LogP contribution < -0.4 is 5.32 Å². The highest BCUT2D eigenvalue weighted by Crippen LogP contribution is 2.21. The van der Waals surface area contributed by atoms with Gasteiger partial charge in [0.05, 0.1) is 11.8 Å². The first-order valence-electron chi connectivity index (χ1n) is 7.99. The zero-order chi connectivity index (χ0) is 17.2. The standard InChI is InChI=1S/C18H16N4O3/c1-2-14-15(17(23)19-10-12-6-4-3-5-7-12)22-18(25-14)20-16(21-22)13-8-9-24-11-13/h3-9,11H,2,10H2,1H3,(H,19,23). The Kier molecular flexibility index (Phi) is 3.81. The SMILES string of the molecule is CCc1oc2nc(-c3ccoc3)nn2c1C(=O)NCc1ccccc1. The average Bonchev–Trinajstić information content (AvgIpc) is 3.35. The smallest absolute Gasteiger partial charge is 0.325 e. The third-order valence-corrected chi connectivity index (χ3v) is 3.88. The molecule has 1 N–H and O–H groups in total. The van der Waals surface area contributed by atoms with Gasteiger partial charge in [0.2, 0.25) is 0 Å². The van der Waals surface area contributed by atoms with Crippen LogP contribution in [0, 0.1) is 0 Å². The van der Waals surface area contributed by atoms with E-state index in [0.29, 0.717) is 30.2 Å². The fraction of sp³-hybridized carbons (Fsp3) is 0.167. The summed E-state index contributed by atoms with van der Waals surface area (Å²) in [7, 11) is 0. The van der Waals surface area contributed by atoms with Crippen LogP contribution in [0.4, 0.5) is 0 Å². The number of furan rings is 1. The second-order valence-electron chi connectivity index (χ2n) is 5.54. The molecule has 3 heterocycles. The quantitative estimate of drug-likeness (QED) is 0.605. The molecule has 0 aliphatic rings. The third kappa shape index (κ3) is 2.80. The molecule has 0 unspecified atom stereocenters. The van der Waals surface area contributed by atoms with E-state index in [0.717, 1.165) is 11.1 Å². The lowest BCUT2D eigenvalue weighted by atomic mass is 10.2. The van der Waals surface area contributed by atoms with Crippen molar-refractivity contribution >= 4 is 11.8 Å². The highest BCUT2D eigenvalue weighted by molar-refractivity contribution is 5.94. The van der Waals surface area contributed by atoms with Crippen LogP contribution in [0.15, 0.2) is 57.8 Å². The molecule has 0 aliphatic carbocycles. The molecule has 0 radical (unpaired) electrons. The first-order chi connectivity index (χ1) is 12.3. The van der Waals surface area contributed by atoms with E-state index in [-0.39, 0.29) is 11.8 Å². The number of aromatic nitrogens is 3. The number of hydrogen-bond acceptors (Lipinski definition) is 5. The number of benzene rings is 1. The first kappa shape index (κ1) is 15.2. The summed E-state index contributed by atoms with van der Waals surface area (Å²) in [5.74, 6) is 1.05. The Morgan fingerprint density at radius 2 is 2.08 bits per heavy atom. The van der Waals surface area contributed by atoms with Crippen LogP contribution in [-0.2, 0) is 13.0 Å². The molecule has 3 aromatic heterocycles. The fourth-order valence-corrected chi connectivity index (χ4v) is 2.62. The minimum absolute atomic E-state index is 0.247. The number of carbonyl (C=O) groups excluding carboxylic acids is 1. The maximum Gasteiger partial charge on any atom is 0.325 e. The van der Waals surface area contributed by atoms with Gasteiger partial charge in [0.1, 0.15) is 12.0 Å². The zero-order valence-electron chi connectivity index (χ0n) is 13.6. The van der Waals surface area contributed by atoms with Gasteiger partial charge in [0.25, 0.3) is 5.91 Å². The normalized spacial score (nSPS) is 11.1. The highest BCUT2D eigenvalue weighted by Gasteiger charge is 2.23. The van der Waals surface area contributed by atoms with Gasteiger partial charge < -0.3 is 14.2 Å². The van der Waals surface area contributed by atoms with Crippen LogP contribution in [0.5, 0.6) is 0 Å². The first-order valence-corrected chi connectivity index (χ1v) is 7.99. The summed E-state index contributed by atoms with van der Waals surface area (Å²) in [6.07, 6.45) is 3.66. The second-order valence-corrected chi connectivity index (χ2v) is 5.54. The number of nitrogens with one attached hydrogen (secondary N) is 1. The van der Waals surface area contributed by atoms with Crippen molar-refractivity contribution in [2.24, 2.45) is 0 Å². The summed E-state index contributed by atoms with van der Waals surface area (Å²) in [6.45, 7) is 2.35. The Balaban J connectivity index is 1.65. The van der Waals surface area contributed by atoms with Crippen molar-refractivity contribution in [2.75, 3.05) is 0 Å². The molecule has 4 aromatic rings. The number of carbonyl (C=O) groups is 1. The number of amides is 1. The lowest BCUT2D eigenvalue weighted by Crippen LogP contribution is -2.25. The lowest BCUT2D eigenvalue weighted by molar-refractivity contribution is 0.0942. The summed E-state index contributed by atoms with van der Waals surface area (Å²) in [5, 5.41) is 7.30. The number of rotatable bonds is 5. The van der Waals surface area contributed by atoms with Crippen molar-refractivity contribution in [3.05, 3.63) is 65.9 Å². The monoisotopic (exact) mass is 336 g/mol. The topological polar surface area (TPSA) is 85.6 Å². The van der Waals surface area contributed by atoms with Crippen molar-refractivity contribution in [3.63, 3.8) is 0 Å². The maximum absolute atomic E-state index is 12.7.